The molecule has 110 valence electrons. The summed E-state index contributed by atoms with van der Waals surface area (Å²) in [7, 11) is 0. The molecular formula is C16H25N3O. The van der Waals surface area contributed by atoms with Crippen LogP contribution in [-0.2, 0) is 11.3 Å². The lowest BCUT2D eigenvalue weighted by Gasteiger charge is -2.35. The second-order valence-corrected chi connectivity index (χ2v) is 5.63. The molecule has 0 aromatic heterocycles. The Morgan fingerprint density at radius 3 is 2.50 bits per heavy atom. The van der Waals surface area contributed by atoms with E-state index in [-0.39, 0.29) is 5.91 Å². The molecule has 1 heterocycles. The monoisotopic (exact) mass is 275 g/mol. The summed E-state index contributed by atoms with van der Waals surface area (Å²) in [5, 5.41) is 0. The average molecular weight is 275 g/mol. The van der Waals surface area contributed by atoms with E-state index in [1.807, 2.05) is 4.90 Å². The summed E-state index contributed by atoms with van der Waals surface area (Å²) in [6, 6.07) is 6.62. The average Bonchev–Trinajstić information content (AvgIpc) is 2.43. The normalized spacial score (nSPS) is 16.4. The summed E-state index contributed by atoms with van der Waals surface area (Å²) < 4.78 is 0. The molecule has 1 aliphatic heterocycles. The van der Waals surface area contributed by atoms with E-state index in [4.69, 9.17) is 5.73 Å². The number of nitrogens with two attached hydrogens (primary N) is 1. The van der Waals surface area contributed by atoms with E-state index >= 15 is 0 Å². The van der Waals surface area contributed by atoms with Crippen molar-refractivity contribution in [1.29, 1.82) is 0 Å². The predicted octanol–water partition coefficient (Wildman–Crippen LogP) is 1.30. The number of aryl methyl sites for hydroxylation is 2. The fraction of sp³-hybridized carbons (Fsp3) is 0.562. The van der Waals surface area contributed by atoms with Crippen LogP contribution >= 0.6 is 0 Å². The highest BCUT2D eigenvalue weighted by Gasteiger charge is 2.20. The number of benzene rings is 1. The molecule has 0 spiro atoms. The first kappa shape index (κ1) is 15.0. The topological polar surface area (TPSA) is 49.6 Å². The molecule has 0 bridgehead atoms. The molecule has 0 saturated carbocycles. The van der Waals surface area contributed by atoms with Crippen molar-refractivity contribution in [2.24, 2.45) is 5.73 Å². The van der Waals surface area contributed by atoms with Crippen molar-refractivity contribution in [1.82, 2.24) is 9.80 Å². The zero-order valence-electron chi connectivity index (χ0n) is 12.6. The number of carbonyl (C=O) groups excluding carboxylic acids is 1. The van der Waals surface area contributed by atoms with Gasteiger partial charge < -0.3 is 10.6 Å². The van der Waals surface area contributed by atoms with Gasteiger partial charge in [-0.1, -0.05) is 23.8 Å². The molecule has 1 saturated heterocycles. The van der Waals surface area contributed by atoms with Crippen LogP contribution in [0.15, 0.2) is 18.2 Å². The molecule has 0 aliphatic carbocycles. The number of piperazine rings is 1. The van der Waals surface area contributed by atoms with Gasteiger partial charge in [-0.25, -0.2) is 0 Å². The van der Waals surface area contributed by atoms with Gasteiger partial charge >= 0.3 is 0 Å². The minimum Gasteiger partial charge on any atom is -0.340 e. The Labute approximate surface area is 121 Å². The summed E-state index contributed by atoms with van der Waals surface area (Å²) in [5.74, 6) is 0.193. The van der Waals surface area contributed by atoms with E-state index in [2.05, 4.69) is 36.9 Å². The minimum absolute atomic E-state index is 0.193. The first-order valence-electron chi connectivity index (χ1n) is 7.36. The molecule has 1 aliphatic rings. The zero-order chi connectivity index (χ0) is 14.5. The number of carbonyl (C=O) groups is 1. The lowest BCUT2D eigenvalue weighted by Crippen LogP contribution is -2.48. The van der Waals surface area contributed by atoms with Crippen LogP contribution in [-0.4, -0.2) is 48.4 Å². The molecular weight excluding hydrogens is 250 g/mol. The van der Waals surface area contributed by atoms with Gasteiger partial charge in [0, 0.05) is 45.7 Å². The first-order valence-corrected chi connectivity index (χ1v) is 7.36. The van der Waals surface area contributed by atoms with Crippen LogP contribution < -0.4 is 5.73 Å². The second-order valence-electron chi connectivity index (χ2n) is 5.63. The van der Waals surface area contributed by atoms with Crippen molar-refractivity contribution in [3.8, 4) is 0 Å². The number of rotatable bonds is 4. The maximum absolute atomic E-state index is 11.8. The molecule has 0 unspecified atom stereocenters. The van der Waals surface area contributed by atoms with E-state index < -0.39 is 0 Å². The smallest absolute Gasteiger partial charge is 0.223 e. The van der Waals surface area contributed by atoms with Crippen molar-refractivity contribution in [3.63, 3.8) is 0 Å². The summed E-state index contributed by atoms with van der Waals surface area (Å²) >= 11 is 0. The Hall–Kier alpha value is -1.39. The third kappa shape index (κ3) is 3.81. The quantitative estimate of drug-likeness (QED) is 0.901. The van der Waals surface area contributed by atoms with Gasteiger partial charge in [-0.3, -0.25) is 9.69 Å². The van der Waals surface area contributed by atoms with Gasteiger partial charge in [0.1, 0.15) is 0 Å². The van der Waals surface area contributed by atoms with Crippen molar-refractivity contribution in [3.05, 3.63) is 34.9 Å². The second kappa shape index (κ2) is 6.86. The largest absolute Gasteiger partial charge is 0.340 e. The highest BCUT2D eigenvalue weighted by atomic mass is 16.2. The molecule has 1 amide bonds. The van der Waals surface area contributed by atoms with Crippen LogP contribution in [0, 0.1) is 13.8 Å². The third-order valence-corrected chi connectivity index (χ3v) is 3.98. The summed E-state index contributed by atoms with van der Waals surface area (Å²) in [4.78, 5) is 16.1. The fourth-order valence-corrected chi connectivity index (χ4v) is 2.70. The highest BCUT2D eigenvalue weighted by molar-refractivity contribution is 5.76. The van der Waals surface area contributed by atoms with Crippen LogP contribution in [0.2, 0.25) is 0 Å². The van der Waals surface area contributed by atoms with Gasteiger partial charge in [-0.15, -0.1) is 0 Å². The SMILES string of the molecule is Cc1ccc(CN2CCN(C(=O)CCN)CC2)c(C)c1. The number of amides is 1. The van der Waals surface area contributed by atoms with Crippen LogP contribution in [0.3, 0.4) is 0 Å². The first-order chi connectivity index (χ1) is 9.60. The molecule has 0 atom stereocenters. The third-order valence-electron chi connectivity index (χ3n) is 3.98. The molecule has 1 aromatic rings. The maximum Gasteiger partial charge on any atom is 0.223 e. The van der Waals surface area contributed by atoms with Gasteiger partial charge in [0.25, 0.3) is 0 Å². The standard InChI is InChI=1S/C16H25N3O/c1-13-3-4-15(14(2)11-13)12-18-7-9-19(10-8-18)16(20)5-6-17/h3-4,11H,5-10,12,17H2,1-2H3. The van der Waals surface area contributed by atoms with Crippen LogP contribution in [0.5, 0.6) is 0 Å². The summed E-state index contributed by atoms with van der Waals surface area (Å²) in [6.45, 7) is 9.26. The zero-order valence-corrected chi connectivity index (χ0v) is 12.6. The molecule has 2 rings (SSSR count). The van der Waals surface area contributed by atoms with E-state index in [1.165, 1.54) is 16.7 Å². The molecule has 2 N–H and O–H groups in total. The number of hydrogen-bond acceptors (Lipinski definition) is 3. The fourth-order valence-electron chi connectivity index (χ4n) is 2.70. The van der Waals surface area contributed by atoms with Crippen LogP contribution in [0.1, 0.15) is 23.1 Å². The maximum atomic E-state index is 11.8. The van der Waals surface area contributed by atoms with Crippen molar-refractivity contribution in [2.75, 3.05) is 32.7 Å². The molecule has 0 radical (unpaired) electrons. The Bertz CT molecular complexity index is 465. The van der Waals surface area contributed by atoms with Crippen molar-refractivity contribution < 1.29 is 4.79 Å². The van der Waals surface area contributed by atoms with Gasteiger partial charge in [-0.2, -0.15) is 0 Å². The van der Waals surface area contributed by atoms with E-state index in [9.17, 15) is 4.79 Å². The van der Waals surface area contributed by atoms with E-state index in [0.717, 1.165) is 32.7 Å². The number of nitrogens with zero attached hydrogens (tertiary/aromatic N) is 2. The van der Waals surface area contributed by atoms with Gasteiger partial charge in [0.05, 0.1) is 0 Å². The Morgan fingerprint density at radius 2 is 1.90 bits per heavy atom. The minimum atomic E-state index is 0.193. The number of hydrogen-bond donors (Lipinski definition) is 1. The Kier molecular flexibility index (Phi) is 5.15. The lowest BCUT2D eigenvalue weighted by molar-refractivity contribution is -0.132. The van der Waals surface area contributed by atoms with Crippen molar-refractivity contribution >= 4 is 5.91 Å². The molecule has 1 aromatic carbocycles. The van der Waals surface area contributed by atoms with Crippen molar-refractivity contribution in [2.45, 2.75) is 26.8 Å². The van der Waals surface area contributed by atoms with E-state index in [1.54, 1.807) is 0 Å². The van der Waals surface area contributed by atoms with E-state index in [0.29, 0.717) is 13.0 Å². The van der Waals surface area contributed by atoms with Crippen LogP contribution in [0.25, 0.3) is 0 Å². The summed E-state index contributed by atoms with van der Waals surface area (Å²) in [5.41, 5.74) is 9.49. The summed E-state index contributed by atoms with van der Waals surface area (Å²) in [6.07, 6.45) is 0.469. The Morgan fingerprint density at radius 1 is 1.20 bits per heavy atom. The highest BCUT2D eigenvalue weighted by Crippen LogP contribution is 2.14. The van der Waals surface area contributed by atoms with Crippen LogP contribution in [0.4, 0.5) is 0 Å². The van der Waals surface area contributed by atoms with Gasteiger partial charge in [0.2, 0.25) is 5.91 Å². The van der Waals surface area contributed by atoms with Gasteiger partial charge in [0.15, 0.2) is 0 Å². The molecule has 4 heteroatoms. The van der Waals surface area contributed by atoms with Gasteiger partial charge in [-0.05, 0) is 25.0 Å². The molecule has 4 nitrogen and oxygen atoms in total. The molecule has 1 fully saturated rings. The Balaban J connectivity index is 1.86. The molecule has 20 heavy (non-hydrogen) atoms. The lowest BCUT2D eigenvalue weighted by atomic mass is 10.1. The predicted molar refractivity (Wildman–Crippen MR) is 81.4 cm³/mol.